The number of nitrogens with zero attached hydrogens (tertiary/aromatic N) is 2. The summed E-state index contributed by atoms with van der Waals surface area (Å²) in [6, 6.07) is 13.3. The number of hydrogen-bond acceptors (Lipinski definition) is 4. The number of carbonyl (C=O) groups is 1. The molecule has 2 amide bonds. The summed E-state index contributed by atoms with van der Waals surface area (Å²) in [5.41, 5.74) is 3.99. The summed E-state index contributed by atoms with van der Waals surface area (Å²) in [4.78, 5) is 20.5. The van der Waals surface area contributed by atoms with Gasteiger partial charge in [-0.25, -0.2) is 4.79 Å². The van der Waals surface area contributed by atoms with Crippen LogP contribution in [0.1, 0.15) is 11.4 Å². The summed E-state index contributed by atoms with van der Waals surface area (Å²) < 4.78 is 5.84. The molecule has 0 fully saturated rings. The number of rotatable bonds is 4. The molecule has 2 heterocycles. The van der Waals surface area contributed by atoms with Crippen molar-refractivity contribution in [2.75, 3.05) is 11.9 Å². The number of fused-ring (bicyclic) bond motifs is 3. The highest BCUT2D eigenvalue weighted by molar-refractivity contribution is 6.06. The number of amides is 2. The molecule has 0 aliphatic carbocycles. The third-order valence-electron chi connectivity index (χ3n) is 4.14. The number of benzene rings is 2. The minimum absolute atomic E-state index is 0.263. The summed E-state index contributed by atoms with van der Waals surface area (Å²) >= 11 is 0. The first-order valence-corrected chi connectivity index (χ1v) is 8.43. The molecule has 0 atom stereocenters. The first kappa shape index (κ1) is 16.1. The lowest BCUT2D eigenvalue weighted by Gasteiger charge is -2.07. The quantitative estimate of drug-likeness (QED) is 0.584. The summed E-state index contributed by atoms with van der Waals surface area (Å²) in [5.74, 6) is 0. The summed E-state index contributed by atoms with van der Waals surface area (Å²) in [6.07, 6.45) is 4.08. The Balaban J connectivity index is 1.39. The minimum Gasteiger partial charge on any atom is -0.456 e. The Kier molecular flexibility index (Phi) is 4.23. The molecule has 0 radical (unpaired) electrons. The first-order valence-electron chi connectivity index (χ1n) is 8.43. The van der Waals surface area contributed by atoms with Gasteiger partial charge >= 0.3 is 6.03 Å². The zero-order chi connectivity index (χ0) is 17.9. The van der Waals surface area contributed by atoms with Crippen molar-refractivity contribution >= 4 is 33.7 Å². The van der Waals surface area contributed by atoms with Gasteiger partial charge in [-0.1, -0.05) is 18.2 Å². The van der Waals surface area contributed by atoms with E-state index in [2.05, 4.69) is 20.6 Å². The van der Waals surface area contributed by atoms with Crippen molar-refractivity contribution in [2.24, 2.45) is 0 Å². The SMILES string of the molecule is Cc1cnc(CCNC(=O)Nc2ccc3c(c2)oc2ccccc23)cn1. The number of urea groups is 1. The van der Waals surface area contributed by atoms with E-state index in [4.69, 9.17) is 4.42 Å². The second-order valence-corrected chi connectivity index (χ2v) is 6.09. The number of nitrogens with one attached hydrogen (secondary N) is 2. The zero-order valence-corrected chi connectivity index (χ0v) is 14.3. The van der Waals surface area contributed by atoms with E-state index < -0.39 is 0 Å². The lowest BCUT2D eigenvalue weighted by molar-refractivity contribution is 0.252. The van der Waals surface area contributed by atoms with Gasteiger partial charge in [0.25, 0.3) is 0 Å². The largest absolute Gasteiger partial charge is 0.456 e. The summed E-state index contributed by atoms with van der Waals surface area (Å²) in [5, 5.41) is 7.75. The number of aromatic nitrogens is 2. The monoisotopic (exact) mass is 346 g/mol. The minimum atomic E-state index is -0.263. The van der Waals surface area contributed by atoms with E-state index in [0.717, 1.165) is 33.3 Å². The fourth-order valence-corrected chi connectivity index (χ4v) is 2.83. The molecular formula is C20H18N4O2. The molecule has 130 valence electrons. The smallest absolute Gasteiger partial charge is 0.319 e. The molecule has 6 nitrogen and oxygen atoms in total. The molecule has 4 rings (SSSR count). The van der Waals surface area contributed by atoms with E-state index in [1.54, 1.807) is 12.4 Å². The number of hydrogen-bond donors (Lipinski definition) is 2. The molecule has 0 saturated heterocycles. The van der Waals surface area contributed by atoms with Crippen molar-refractivity contribution in [2.45, 2.75) is 13.3 Å². The third-order valence-corrected chi connectivity index (χ3v) is 4.14. The topological polar surface area (TPSA) is 80.0 Å². The molecule has 2 N–H and O–H groups in total. The Bertz CT molecular complexity index is 1070. The zero-order valence-electron chi connectivity index (χ0n) is 14.3. The van der Waals surface area contributed by atoms with Gasteiger partial charge in [-0.15, -0.1) is 0 Å². The molecule has 26 heavy (non-hydrogen) atoms. The van der Waals surface area contributed by atoms with E-state index in [1.807, 2.05) is 49.4 Å². The Labute approximate surface area is 150 Å². The highest BCUT2D eigenvalue weighted by atomic mass is 16.3. The van der Waals surface area contributed by atoms with Crippen molar-refractivity contribution in [3.05, 3.63) is 66.2 Å². The van der Waals surface area contributed by atoms with Gasteiger partial charge < -0.3 is 15.1 Å². The molecule has 0 saturated carbocycles. The van der Waals surface area contributed by atoms with Crippen LogP contribution in [-0.2, 0) is 6.42 Å². The van der Waals surface area contributed by atoms with Crippen LogP contribution < -0.4 is 10.6 Å². The van der Waals surface area contributed by atoms with Crippen molar-refractivity contribution in [3.8, 4) is 0 Å². The maximum Gasteiger partial charge on any atom is 0.319 e. The van der Waals surface area contributed by atoms with E-state index in [-0.39, 0.29) is 6.03 Å². The van der Waals surface area contributed by atoms with Crippen LogP contribution in [0, 0.1) is 6.92 Å². The van der Waals surface area contributed by atoms with Crippen LogP contribution >= 0.6 is 0 Å². The molecule has 2 aromatic heterocycles. The van der Waals surface area contributed by atoms with Crippen molar-refractivity contribution in [3.63, 3.8) is 0 Å². The van der Waals surface area contributed by atoms with Crippen LogP contribution in [0.25, 0.3) is 21.9 Å². The van der Waals surface area contributed by atoms with E-state index >= 15 is 0 Å². The second kappa shape index (κ2) is 6.84. The second-order valence-electron chi connectivity index (χ2n) is 6.09. The molecule has 0 bridgehead atoms. The van der Waals surface area contributed by atoms with Gasteiger partial charge in [-0.2, -0.15) is 0 Å². The predicted molar refractivity (Wildman–Crippen MR) is 101 cm³/mol. The molecular weight excluding hydrogens is 328 g/mol. The average molecular weight is 346 g/mol. The van der Waals surface area contributed by atoms with Gasteiger partial charge in [-0.3, -0.25) is 9.97 Å². The molecule has 0 unspecified atom stereocenters. The van der Waals surface area contributed by atoms with Crippen LogP contribution in [-0.4, -0.2) is 22.5 Å². The standard InChI is InChI=1S/C20H18N4O2/c1-13-11-23-15(12-22-13)8-9-21-20(25)24-14-6-7-17-16-4-2-3-5-18(16)26-19(17)10-14/h2-7,10-12H,8-9H2,1H3,(H2,21,24,25). The Morgan fingerprint density at radius 1 is 1.04 bits per heavy atom. The Morgan fingerprint density at radius 2 is 1.88 bits per heavy atom. The molecule has 0 aliphatic heterocycles. The van der Waals surface area contributed by atoms with Gasteiger partial charge in [0, 0.05) is 47.9 Å². The normalized spacial score (nSPS) is 11.0. The van der Waals surface area contributed by atoms with Crippen LogP contribution in [0.15, 0.2) is 59.3 Å². The van der Waals surface area contributed by atoms with Crippen LogP contribution in [0.5, 0.6) is 0 Å². The first-order chi connectivity index (χ1) is 12.7. The number of carbonyl (C=O) groups excluding carboxylic acids is 1. The molecule has 0 spiro atoms. The summed E-state index contributed by atoms with van der Waals surface area (Å²) in [6.45, 7) is 2.37. The van der Waals surface area contributed by atoms with Gasteiger partial charge in [0.05, 0.1) is 11.4 Å². The fourth-order valence-electron chi connectivity index (χ4n) is 2.83. The van der Waals surface area contributed by atoms with Gasteiger partial charge in [0.1, 0.15) is 11.2 Å². The average Bonchev–Trinajstić information content (AvgIpc) is 3.01. The highest BCUT2D eigenvalue weighted by Gasteiger charge is 2.08. The Morgan fingerprint density at radius 3 is 2.73 bits per heavy atom. The van der Waals surface area contributed by atoms with Crippen LogP contribution in [0.4, 0.5) is 10.5 Å². The lowest BCUT2D eigenvalue weighted by atomic mass is 10.1. The van der Waals surface area contributed by atoms with Crippen molar-refractivity contribution in [1.29, 1.82) is 0 Å². The lowest BCUT2D eigenvalue weighted by Crippen LogP contribution is -2.30. The number of anilines is 1. The number of furan rings is 1. The summed E-state index contributed by atoms with van der Waals surface area (Å²) in [7, 11) is 0. The van der Waals surface area contributed by atoms with E-state index in [1.165, 1.54) is 0 Å². The molecule has 6 heteroatoms. The van der Waals surface area contributed by atoms with E-state index in [9.17, 15) is 4.79 Å². The van der Waals surface area contributed by atoms with Gasteiger partial charge in [0.2, 0.25) is 0 Å². The molecule has 4 aromatic rings. The van der Waals surface area contributed by atoms with Crippen LogP contribution in [0.2, 0.25) is 0 Å². The molecule has 2 aromatic carbocycles. The van der Waals surface area contributed by atoms with Gasteiger partial charge in [-0.05, 0) is 25.1 Å². The maximum absolute atomic E-state index is 12.1. The fraction of sp³-hybridized carbons (Fsp3) is 0.150. The predicted octanol–water partition coefficient (Wildman–Crippen LogP) is 4.05. The van der Waals surface area contributed by atoms with Crippen molar-refractivity contribution < 1.29 is 9.21 Å². The number of para-hydroxylation sites is 1. The van der Waals surface area contributed by atoms with E-state index in [0.29, 0.717) is 18.7 Å². The maximum atomic E-state index is 12.1. The Hall–Kier alpha value is -3.41. The third kappa shape index (κ3) is 3.35. The molecule has 0 aliphatic rings. The van der Waals surface area contributed by atoms with Crippen LogP contribution in [0.3, 0.4) is 0 Å². The highest BCUT2D eigenvalue weighted by Crippen LogP contribution is 2.30. The van der Waals surface area contributed by atoms with Gasteiger partial charge in [0.15, 0.2) is 0 Å². The number of aryl methyl sites for hydroxylation is 1. The van der Waals surface area contributed by atoms with Crippen molar-refractivity contribution in [1.82, 2.24) is 15.3 Å².